The number of ether oxygens (including phenoxy) is 1. The van der Waals surface area contributed by atoms with Gasteiger partial charge in [0.2, 0.25) is 0 Å². The van der Waals surface area contributed by atoms with Crippen LogP contribution in [0.15, 0.2) is 24.3 Å². The van der Waals surface area contributed by atoms with E-state index in [1.807, 2.05) is 12.1 Å². The molecule has 0 aliphatic carbocycles. The summed E-state index contributed by atoms with van der Waals surface area (Å²) in [6, 6.07) is 7.27. The first-order valence-electron chi connectivity index (χ1n) is 7.13. The van der Waals surface area contributed by atoms with Crippen molar-refractivity contribution >= 4 is 34.5 Å². The Morgan fingerprint density at radius 1 is 1.36 bits per heavy atom. The Morgan fingerprint density at radius 2 is 2.23 bits per heavy atom. The van der Waals surface area contributed by atoms with Gasteiger partial charge in [-0.2, -0.15) is 0 Å². The number of H-pyrrole nitrogens is 1. The minimum absolute atomic E-state index is 0.0434. The van der Waals surface area contributed by atoms with E-state index in [4.69, 9.17) is 16.3 Å². The zero-order valence-electron chi connectivity index (χ0n) is 11.7. The molecule has 7 heteroatoms. The summed E-state index contributed by atoms with van der Waals surface area (Å²) in [4.78, 5) is 30.7. The van der Waals surface area contributed by atoms with E-state index in [1.54, 1.807) is 21.9 Å². The second-order valence-electron chi connectivity index (χ2n) is 5.56. The van der Waals surface area contributed by atoms with Crippen LogP contribution in [0.1, 0.15) is 10.5 Å². The number of aromatic nitrogens is 1. The van der Waals surface area contributed by atoms with Gasteiger partial charge in [-0.1, -0.05) is 17.7 Å². The van der Waals surface area contributed by atoms with Gasteiger partial charge in [0.05, 0.1) is 6.04 Å². The van der Waals surface area contributed by atoms with Crippen molar-refractivity contribution in [2.45, 2.75) is 6.04 Å². The van der Waals surface area contributed by atoms with Crippen LogP contribution in [0.4, 0.5) is 4.79 Å². The number of piperazine rings is 1. The third-order valence-corrected chi connectivity index (χ3v) is 4.57. The van der Waals surface area contributed by atoms with Crippen LogP contribution in [0.25, 0.3) is 10.9 Å². The van der Waals surface area contributed by atoms with E-state index >= 15 is 0 Å². The van der Waals surface area contributed by atoms with Gasteiger partial charge in [-0.25, -0.2) is 4.79 Å². The Kier molecular flexibility index (Phi) is 3.00. The molecule has 0 bridgehead atoms. The number of hydrogen-bond acceptors (Lipinski definition) is 3. The number of cyclic esters (lactones) is 1. The maximum absolute atomic E-state index is 12.7. The summed E-state index contributed by atoms with van der Waals surface area (Å²) >= 11 is 6.14. The van der Waals surface area contributed by atoms with E-state index in [9.17, 15) is 9.59 Å². The first-order valence-corrected chi connectivity index (χ1v) is 7.51. The summed E-state index contributed by atoms with van der Waals surface area (Å²) in [5, 5.41) is 1.46. The molecule has 0 spiro atoms. The molecule has 2 fully saturated rings. The number of carbonyl (C=O) groups is 2. The SMILES string of the molecule is O=C(c1cc2c(Cl)cccc2[nH]1)N1CCN2C(=O)OC[C@H]2C1. The quantitative estimate of drug-likeness (QED) is 0.875. The minimum Gasteiger partial charge on any atom is -0.447 e. The van der Waals surface area contributed by atoms with E-state index in [2.05, 4.69) is 4.98 Å². The van der Waals surface area contributed by atoms with E-state index in [-0.39, 0.29) is 18.0 Å². The minimum atomic E-state index is -0.283. The van der Waals surface area contributed by atoms with Crippen molar-refractivity contribution in [3.05, 3.63) is 35.0 Å². The predicted molar refractivity (Wildman–Crippen MR) is 81.1 cm³/mol. The fraction of sp³-hybridized carbons (Fsp3) is 0.333. The number of nitrogens with zero attached hydrogens (tertiary/aromatic N) is 2. The highest BCUT2D eigenvalue weighted by Gasteiger charge is 2.39. The van der Waals surface area contributed by atoms with Gasteiger partial charge < -0.3 is 14.6 Å². The van der Waals surface area contributed by atoms with Crippen LogP contribution in [0.3, 0.4) is 0 Å². The molecule has 0 unspecified atom stereocenters. The summed E-state index contributed by atoms with van der Waals surface area (Å²) in [6.07, 6.45) is -0.283. The molecule has 2 aliphatic rings. The zero-order valence-corrected chi connectivity index (χ0v) is 12.5. The normalized spacial score (nSPS) is 21.1. The number of hydrogen-bond donors (Lipinski definition) is 1. The van der Waals surface area contributed by atoms with Gasteiger partial charge >= 0.3 is 6.09 Å². The number of fused-ring (bicyclic) bond motifs is 2. The van der Waals surface area contributed by atoms with Gasteiger partial charge in [0.25, 0.3) is 5.91 Å². The number of carbonyl (C=O) groups excluding carboxylic acids is 2. The highest BCUT2D eigenvalue weighted by atomic mass is 35.5. The molecule has 6 nitrogen and oxygen atoms in total. The molecule has 114 valence electrons. The number of aromatic amines is 1. The predicted octanol–water partition coefficient (Wildman–Crippen LogP) is 2.10. The maximum Gasteiger partial charge on any atom is 0.410 e. The third-order valence-electron chi connectivity index (χ3n) is 4.24. The molecule has 0 saturated carbocycles. The summed E-state index contributed by atoms with van der Waals surface area (Å²) < 4.78 is 5.02. The second kappa shape index (κ2) is 4.91. The van der Waals surface area contributed by atoms with E-state index in [0.29, 0.717) is 37.0 Å². The average molecular weight is 320 g/mol. The molecular weight excluding hydrogens is 306 g/mol. The Hall–Kier alpha value is -2.21. The molecular formula is C15H14ClN3O3. The average Bonchev–Trinajstić information content (AvgIpc) is 3.11. The van der Waals surface area contributed by atoms with Crippen LogP contribution in [0.2, 0.25) is 5.02 Å². The van der Waals surface area contributed by atoms with Crippen molar-refractivity contribution in [1.82, 2.24) is 14.8 Å². The van der Waals surface area contributed by atoms with Gasteiger partial charge in [0.15, 0.2) is 0 Å². The van der Waals surface area contributed by atoms with Crippen LogP contribution in [-0.4, -0.2) is 59.1 Å². The lowest BCUT2D eigenvalue weighted by Gasteiger charge is -2.35. The van der Waals surface area contributed by atoms with Crippen molar-refractivity contribution in [3.63, 3.8) is 0 Å². The first-order chi connectivity index (χ1) is 10.6. The standard InChI is InChI=1S/C15H14ClN3O3/c16-11-2-1-3-12-10(11)6-13(17-12)14(20)18-4-5-19-9(7-18)8-22-15(19)21/h1-3,6,9,17H,4-5,7-8H2/t9-/m1/s1. The number of nitrogens with one attached hydrogen (secondary N) is 1. The molecule has 1 atom stereocenters. The molecule has 2 saturated heterocycles. The molecule has 2 aromatic rings. The number of amides is 2. The monoisotopic (exact) mass is 319 g/mol. The van der Waals surface area contributed by atoms with E-state index in [1.165, 1.54) is 0 Å². The first kappa shape index (κ1) is 13.5. The smallest absolute Gasteiger partial charge is 0.410 e. The Balaban J connectivity index is 1.58. The highest BCUT2D eigenvalue weighted by molar-refractivity contribution is 6.35. The van der Waals surface area contributed by atoms with Crippen molar-refractivity contribution in [1.29, 1.82) is 0 Å². The molecule has 1 aromatic heterocycles. The van der Waals surface area contributed by atoms with Crippen LogP contribution in [-0.2, 0) is 4.74 Å². The third kappa shape index (κ3) is 2.02. The largest absolute Gasteiger partial charge is 0.447 e. The summed E-state index contributed by atoms with van der Waals surface area (Å²) in [6.45, 7) is 1.86. The lowest BCUT2D eigenvalue weighted by Crippen LogP contribution is -2.53. The lowest BCUT2D eigenvalue weighted by atomic mass is 10.2. The Morgan fingerprint density at radius 3 is 3.05 bits per heavy atom. The molecule has 4 rings (SSSR count). The number of halogens is 1. The molecule has 2 aliphatic heterocycles. The topological polar surface area (TPSA) is 65.6 Å². The lowest BCUT2D eigenvalue weighted by molar-refractivity contribution is 0.0612. The molecule has 1 N–H and O–H groups in total. The fourth-order valence-electron chi connectivity index (χ4n) is 3.08. The highest BCUT2D eigenvalue weighted by Crippen LogP contribution is 2.25. The molecule has 3 heterocycles. The van der Waals surface area contributed by atoms with Crippen LogP contribution in [0.5, 0.6) is 0 Å². The molecule has 1 aromatic carbocycles. The van der Waals surface area contributed by atoms with Gasteiger partial charge in [0, 0.05) is 35.6 Å². The van der Waals surface area contributed by atoms with Crippen LogP contribution in [0, 0.1) is 0 Å². The van der Waals surface area contributed by atoms with Gasteiger partial charge in [-0.3, -0.25) is 9.69 Å². The molecule has 22 heavy (non-hydrogen) atoms. The van der Waals surface area contributed by atoms with Crippen molar-refractivity contribution in [2.24, 2.45) is 0 Å². The summed E-state index contributed by atoms with van der Waals surface area (Å²) in [5.41, 5.74) is 1.36. The Bertz CT molecular complexity index is 772. The van der Waals surface area contributed by atoms with Gasteiger partial charge in [-0.05, 0) is 18.2 Å². The van der Waals surface area contributed by atoms with Gasteiger partial charge in [0.1, 0.15) is 12.3 Å². The van der Waals surface area contributed by atoms with Crippen LogP contribution < -0.4 is 0 Å². The number of rotatable bonds is 1. The van der Waals surface area contributed by atoms with Gasteiger partial charge in [-0.15, -0.1) is 0 Å². The summed E-state index contributed by atoms with van der Waals surface area (Å²) in [5.74, 6) is -0.0775. The molecule has 2 amide bonds. The fourth-order valence-corrected chi connectivity index (χ4v) is 3.31. The number of benzene rings is 1. The van der Waals surface area contributed by atoms with E-state index < -0.39 is 0 Å². The Labute approximate surface area is 131 Å². The zero-order chi connectivity index (χ0) is 15.3. The van der Waals surface area contributed by atoms with Crippen molar-refractivity contribution < 1.29 is 14.3 Å². The van der Waals surface area contributed by atoms with E-state index in [0.717, 1.165) is 10.9 Å². The maximum atomic E-state index is 12.7. The molecule has 0 radical (unpaired) electrons. The summed E-state index contributed by atoms with van der Waals surface area (Å²) in [7, 11) is 0. The van der Waals surface area contributed by atoms with Crippen molar-refractivity contribution in [3.8, 4) is 0 Å². The second-order valence-corrected chi connectivity index (χ2v) is 5.97. The van der Waals surface area contributed by atoms with Crippen LogP contribution >= 0.6 is 11.6 Å². The van der Waals surface area contributed by atoms with Crippen molar-refractivity contribution in [2.75, 3.05) is 26.2 Å².